The van der Waals surface area contributed by atoms with Crippen LogP contribution in [0.15, 0.2) is 66.4 Å². The number of esters is 1. The van der Waals surface area contributed by atoms with E-state index in [1.54, 1.807) is 37.7 Å². The van der Waals surface area contributed by atoms with Crippen molar-refractivity contribution in [3.63, 3.8) is 0 Å². The quantitative estimate of drug-likeness (QED) is 0.383. The normalized spacial score (nSPS) is 15.5. The van der Waals surface area contributed by atoms with Crippen molar-refractivity contribution in [2.75, 3.05) is 20.8 Å². The van der Waals surface area contributed by atoms with Crippen molar-refractivity contribution < 1.29 is 19.0 Å². The van der Waals surface area contributed by atoms with Gasteiger partial charge in [0.15, 0.2) is 16.3 Å². The third kappa shape index (κ3) is 4.87. The molecule has 3 aromatic rings. The van der Waals surface area contributed by atoms with Crippen LogP contribution < -0.4 is 24.4 Å². The number of nitrogens with zero attached hydrogens (tertiary/aromatic N) is 2. The first-order valence-corrected chi connectivity index (χ1v) is 13.1. The van der Waals surface area contributed by atoms with Gasteiger partial charge in [0.25, 0.3) is 5.56 Å². The molecule has 0 bridgehead atoms. The number of ether oxygens (including phenoxy) is 3. The Bertz CT molecular complexity index is 1520. The first-order chi connectivity index (χ1) is 16.8. The van der Waals surface area contributed by atoms with Crippen molar-refractivity contribution in [1.82, 2.24) is 4.57 Å². The lowest BCUT2D eigenvalue weighted by atomic mass is 9.95. The smallest absolute Gasteiger partial charge is 0.338 e. The van der Waals surface area contributed by atoms with E-state index in [0.29, 0.717) is 42.1 Å². The Morgan fingerprint density at radius 2 is 1.89 bits per heavy atom. The standard InChI is InChI=1S/C25H22Br2N2O5S/c1-5-34-24(31)21-13(2)28-25-29(22(21)16-11-18(32-3)19(33-4)12-17(16)27)23(30)20(35-25)10-14-7-6-8-15(26)9-14/h6-12,22H,5H2,1-4H3. The first-order valence-electron chi connectivity index (χ1n) is 10.7. The number of fused-ring (bicyclic) bond motifs is 1. The zero-order valence-corrected chi connectivity index (χ0v) is 23.4. The molecule has 2 aromatic carbocycles. The van der Waals surface area contributed by atoms with Crippen LogP contribution in [0.4, 0.5) is 0 Å². The van der Waals surface area contributed by atoms with Crippen LogP contribution in [0.1, 0.15) is 31.0 Å². The summed E-state index contributed by atoms with van der Waals surface area (Å²) in [5.41, 5.74) is 2.05. The van der Waals surface area contributed by atoms with E-state index in [1.807, 2.05) is 30.3 Å². The number of carbonyl (C=O) groups is 1. The molecule has 0 saturated carbocycles. The second-order valence-electron chi connectivity index (χ2n) is 7.59. The predicted octanol–water partition coefficient (Wildman–Crippen LogP) is 4.34. The highest BCUT2D eigenvalue weighted by Crippen LogP contribution is 2.40. The Morgan fingerprint density at radius 3 is 2.54 bits per heavy atom. The van der Waals surface area contributed by atoms with E-state index in [0.717, 1.165) is 10.0 Å². The van der Waals surface area contributed by atoms with Crippen molar-refractivity contribution in [1.29, 1.82) is 0 Å². The van der Waals surface area contributed by atoms with Crippen LogP contribution >= 0.6 is 43.2 Å². The third-order valence-electron chi connectivity index (χ3n) is 5.46. The van der Waals surface area contributed by atoms with Gasteiger partial charge in [-0.25, -0.2) is 9.79 Å². The summed E-state index contributed by atoms with van der Waals surface area (Å²) in [5, 5.41) is 0. The average Bonchev–Trinajstić information content (AvgIpc) is 3.12. The first kappa shape index (κ1) is 25.4. The van der Waals surface area contributed by atoms with E-state index in [9.17, 15) is 9.59 Å². The molecule has 7 nitrogen and oxygen atoms in total. The summed E-state index contributed by atoms with van der Waals surface area (Å²) in [5.74, 6) is 0.463. The molecule has 35 heavy (non-hydrogen) atoms. The Labute approximate surface area is 222 Å². The highest BCUT2D eigenvalue weighted by Gasteiger charge is 2.35. The number of rotatable bonds is 6. The van der Waals surface area contributed by atoms with Crippen LogP contribution in [0.5, 0.6) is 11.5 Å². The number of hydrogen-bond acceptors (Lipinski definition) is 7. The lowest BCUT2D eigenvalue weighted by molar-refractivity contribution is -0.139. The van der Waals surface area contributed by atoms with E-state index in [-0.39, 0.29) is 12.2 Å². The van der Waals surface area contributed by atoms with E-state index >= 15 is 0 Å². The van der Waals surface area contributed by atoms with Gasteiger partial charge in [-0.2, -0.15) is 0 Å². The van der Waals surface area contributed by atoms with Crippen LogP contribution in [-0.2, 0) is 9.53 Å². The molecule has 0 radical (unpaired) electrons. The molecule has 1 aromatic heterocycles. The van der Waals surface area contributed by atoms with Gasteiger partial charge in [0.1, 0.15) is 0 Å². The molecule has 182 valence electrons. The SMILES string of the molecule is CCOC(=O)C1=C(C)N=c2sc(=Cc3cccc(Br)c3)c(=O)n2C1c1cc(OC)c(OC)cc1Br. The number of carbonyl (C=O) groups excluding carboxylic acids is 1. The summed E-state index contributed by atoms with van der Waals surface area (Å²) in [6.07, 6.45) is 1.82. The number of halogens is 2. The molecule has 0 aliphatic carbocycles. The van der Waals surface area contributed by atoms with Crippen molar-refractivity contribution >= 4 is 55.2 Å². The fourth-order valence-electron chi connectivity index (χ4n) is 3.91. The molecule has 1 aliphatic heterocycles. The predicted molar refractivity (Wildman–Crippen MR) is 142 cm³/mol. The molecule has 10 heteroatoms. The van der Waals surface area contributed by atoms with Crippen LogP contribution in [0, 0.1) is 0 Å². The topological polar surface area (TPSA) is 79.1 Å². The van der Waals surface area contributed by atoms with Gasteiger partial charge in [-0.3, -0.25) is 9.36 Å². The molecule has 0 amide bonds. The lowest BCUT2D eigenvalue weighted by Crippen LogP contribution is -2.40. The minimum atomic E-state index is -0.774. The fraction of sp³-hybridized carbons (Fsp3) is 0.240. The molecular formula is C25H22Br2N2O5S. The number of aromatic nitrogens is 1. The monoisotopic (exact) mass is 620 g/mol. The molecule has 1 unspecified atom stereocenters. The van der Waals surface area contributed by atoms with Crippen LogP contribution in [0.3, 0.4) is 0 Å². The Morgan fingerprint density at radius 1 is 1.17 bits per heavy atom. The summed E-state index contributed by atoms with van der Waals surface area (Å²) in [7, 11) is 3.08. The Balaban J connectivity index is 2.02. The maximum Gasteiger partial charge on any atom is 0.338 e. The van der Waals surface area contributed by atoms with Gasteiger partial charge in [-0.1, -0.05) is 55.3 Å². The maximum atomic E-state index is 13.7. The molecular weight excluding hydrogens is 600 g/mol. The minimum Gasteiger partial charge on any atom is -0.493 e. The fourth-order valence-corrected chi connectivity index (χ4v) is 5.92. The van der Waals surface area contributed by atoms with Crippen molar-refractivity contribution in [3.8, 4) is 11.5 Å². The van der Waals surface area contributed by atoms with Crippen molar-refractivity contribution in [2.45, 2.75) is 19.9 Å². The summed E-state index contributed by atoms with van der Waals surface area (Å²) in [6, 6.07) is 10.4. The van der Waals surface area contributed by atoms with Gasteiger partial charge in [0.2, 0.25) is 0 Å². The molecule has 1 atom stereocenters. The van der Waals surface area contributed by atoms with Gasteiger partial charge >= 0.3 is 5.97 Å². The van der Waals surface area contributed by atoms with E-state index in [2.05, 4.69) is 36.9 Å². The zero-order chi connectivity index (χ0) is 25.3. The third-order valence-corrected chi connectivity index (χ3v) is 7.62. The molecule has 0 N–H and O–H groups in total. The number of thiazole rings is 1. The highest BCUT2D eigenvalue weighted by molar-refractivity contribution is 9.10. The van der Waals surface area contributed by atoms with E-state index < -0.39 is 12.0 Å². The second kappa shape index (κ2) is 10.5. The van der Waals surface area contributed by atoms with Gasteiger partial charge < -0.3 is 14.2 Å². The largest absolute Gasteiger partial charge is 0.493 e. The van der Waals surface area contributed by atoms with Crippen LogP contribution in [-0.4, -0.2) is 31.4 Å². The van der Waals surface area contributed by atoms with Gasteiger partial charge in [-0.05, 0) is 55.3 Å². The zero-order valence-electron chi connectivity index (χ0n) is 19.4. The number of methoxy groups -OCH3 is 2. The molecule has 2 heterocycles. The molecule has 4 rings (SSSR count). The molecule has 0 fully saturated rings. The molecule has 0 saturated heterocycles. The summed E-state index contributed by atoms with van der Waals surface area (Å²) in [4.78, 5) is 31.9. The van der Waals surface area contributed by atoms with Crippen LogP contribution in [0.25, 0.3) is 6.08 Å². The maximum absolute atomic E-state index is 13.7. The van der Waals surface area contributed by atoms with Gasteiger partial charge in [0.05, 0.1) is 42.7 Å². The van der Waals surface area contributed by atoms with Gasteiger partial charge in [0, 0.05) is 8.95 Å². The average molecular weight is 622 g/mol. The molecule has 1 aliphatic rings. The van der Waals surface area contributed by atoms with E-state index in [1.165, 1.54) is 18.4 Å². The summed E-state index contributed by atoms with van der Waals surface area (Å²) >= 11 is 8.34. The number of allylic oxidation sites excluding steroid dienone is 1. The lowest BCUT2D eigenvalue weighted by Gasteiger charge is -2.26. The second-order valence-corrected chi connectivity index (χ2v) is 10.4. The van der Waals surface area contributed by atoms with Crippen LogP contribution in [0.2, 0.25) is 0 Å². The summed E-state index contributed by atoms with van der Waals surface area (Å²) < 4.78 is 19.9. The van der Waals surface area contributed by atoms with Crippen molar-refractivity contribution in [3.05, 3.63) is 87.4 Å². The molecule has 0 spiro atoms. The van der Waals surface area contributed by atoms with E-state index in [4.69, 9.17) is 14.2 Å². The number of hydrogen-bond donors (Lipinski definition) is 0. The van der Waals surface area contributed by atoms with Crippen molar-refractivity contribution in [2.24, 2.45) is 4.99 Å². The Kier molecular flexibility index (Phi) is 7.63. The summed E-state index contributed by atoms with van der Waals surface area (Å²) in [6.45, 7) is 3.68. The highest BCUT2D eigenvalue weighted by atomic mass is 79.9. The van der Waals surface area contributed by atoms with Gasteiger partial charge in [-0.15, -0.1) is 0 Å². The minimum absolute atomic E-state index is 0.197. The Hall–Kier alpha value is -2.69. The number of benzene rings is 2.